The van der Waals surface area contributed by atoms with Crippen LogP contribution in [0.4, 0.5) is 0 Å². The smallest absolute Gasteiger partial charge is 0.220 e. The van der Waals surface area contributed by atoms with E-state index < -0.39 is 12.1 Å². The van der Waals surface area contributed by atoms with Crippen LogP contribution in [0.3, 0.4) is 0 Å². The van der Waals surface area contributed by atoms with Gasteiger partial charge in [0.1, 0.15) is 0 Å². The van der Waals surface area contributed by atoms with E-state index in [0.717, 1.165) is 25.7 Å². The van der Waals surface area contributed by atoms with Crippen LogP contribution in [-0.4, -0.2) is 34.9 Å². The lowest BCUT2D eigenvalue weighted by molar-refractivity contribution is -0.123. The van der Waals surface area contributed by atoms with Crippen molar-refractivity contribution in [2.45, 2.75) is 328 Å². The van der Waals surface area contributed by atoms with Crippen molar-refractivity contribution in [2.75, 3.05) is 6.61 Å². The molecule has 0 aromatic rings. The fraction of sp³-hybridized carbons (Fsp3) is 0.912. The lowest BCUT2D eigenvalue weighted by atomic mass is 10.0. The van der Waals surface area contributed by atoms with Gasteiger partial charge >= 0.3 is 0 Å². The topological polar surface area (TPSA) is 69.6 Å². The van der Waals surface area contributed by atoms with Crippen LogP contribution in [0.25, 0.3) is 0 Å². The van der Waals surface area contributed by atoms with Gasteiger partial charge in [-0.2, -0.15) is 0 Å². The van der Waals surface area contributed by atoms with Crippen LogP contribution in [0, 0.1) is 0 Å². The third kappa shape index (κ3) is 49.7. The molecule has 3 N–H and O–H groups in total. The number of carbonyl (C=O) groups excluding carboxylic acids is 1. The molecule has 0 radical (unpaired) electrons. The van der Waals surface area contributed by atoms with Gasteiger partial charge < -0.3 is 15.5 Å². The molecule has 362 valence electrons. The number of hydrogen-bond donors (Lipinski definition) is 3. The highest BCUT2D eigenvalue weighted by Crippen LogP contribution is 2.17. The lowest BCUT2D eigenvalue weighted by Crippen LogP contribution is -2.45. The molecule has 0 saturated heterocycles. The summed E-state index contributed by atoms with van der Waals surface area (Å²) in [7, 11) is 0. The van der Waals surface area contributed by atoms with E-state index in [-0.39, 0.29) is 12.5 Å². The van der Waals surface area contributed by atoms with Crippen LogP contribution in [0.2, 0.25) is 0 Å². The van der Waals surface area contributed by atoms with Crippen LogP contribution in [0.1, 0.15) is 316 Å². The Kier molecular flexibility index (Phi) is 52.2. The van der Waals surface area contributed by atoms with Crippen LogP contribution in [0.5, 0.6) is 0 Å². The zero-order valence-electron chi connectivity index (χ0n) is 41.7. The van der Waals surface area contributed by atoms with Gasteiger partial charge in [0.15, 0.2) is 0 Å². The first-order chi connectivity index (χ1) is 30.2. The fourth-order valence-electron chi connectivity index (χ4n) is 8.88. The number of carbonyl (C=O) groups is 1. The first-order valence-corrected chi connectivity index (χ1v) is 28.1. The molecular formula is C57H111NO3. The monoisotopic (exact) mass is 858 g/mol. The molecule has 4 nitrogen and oxygen atoms in total. The van der Waals surface area contributed by atoms with Crippen LogP contribution in [0.15, 0.2) is 24.3 Å². The van der Waals surface area contributed by atoms with Gasteiger partial charge in [0.2, 0.25) is 5.91 Å². The average molecular weight is 859 g/mol. The molecule has 0 saturated carbocycles. The summed E-state index contributed by atoms with van der Waals surface area (Å²) in [5.41, 5.74) is 0. The minimum atomic E-state index is -0.837. The van der Waals surface area contributed by atoms with Crippen molar-refractivity contribution < 1.29 is 15.0 Å². The maximum atomic E-state index is 12.5. The fourth-order valence-corrected chi connectivity index (χ4v) is 8.88. The zero-order chi connectivity index (χ0) is 44.2. The quantitative estimate of drug-likeness (QED) is 0.0422. The largest absolute Gasteiger partial charge is 0.394 e. The molecule has 1 amide bonds. The van der Waals surface area contributed by atoms with Gasteiger partial charge in [0, 0.05) is 6.42 Å². The molecule has 0 aliphatic carbocycles. The Hall–Kier alpha value is -1.13. The van der Waals surface area contributed by atoms with Crippen molar-refractivity contribution in [2.24, 2.45) is 0 Å². The Morgan fingerprint density at radius 3 is 0.902 bits per heavy atom. The summed E-state index contributed by atoms with van der Waals surface area (Å²) < 4.78 is 0. The van der Waals surface area contributed by atoms with Crippen molar-refractivity contribution in [1.82, 2.24) is 5.32 Å². The second kappa shape index (κ2) is 53.2. The molecule has 0 bridgehead atoms. The van der Waals surface area contributed by atoms with Crippen molar-refractivity contribution >= 4 is 5.91 Å². The predicted molar refractivity (Wildman–Crippen MR) is 272 cm³/mol. The summed E-state index contributed by atoms with van der Waals surface area (Å²) in [5, 5.41) is 23.1. The maximum absolute atomic E-state index is 12.5. The average Bonchev–Trinajstić information content (AvgIpc) is 3.26. The summed E-state index contributed by atoms with van der Waals surface area (Å²) in [6.45, 7) is 4.34. The Morgan fingerprint density at radius 1 is 0.377 bits per heavy atom. The molecule has 4 heteroatoms. The molecule has 0 aromatic carbocycles. The zero-order valence-corrected chi connectivity index (χ0v) is 41.7. The third-order valence-electron chi connectivity index (χ3n) is 13.2. The number of hydrogen-bond acceptors (Lipinski definition) is 3. The molecule has 0 aliphatic rings. The number of amides is 1. The predicted octanol–water partition coefficient (Wildman–Crippen LogP) is 18.3. The van der Waals surface area contributed by atoms with Crippen LogP contribution < -0.4 is 5.32 Å². The first kappa shape index (κ1) is 59.9. The van der Waals surface area contributed by atoms with Crippen LogP contribution in [-0.2, 0) is 4.79 Å². The summed E-state index contributed by atoms with van der Waals surface area (Å²) in [6.07, 6.45) is 70.6. The van der Waals surface area contributed by atoms with Gasteiger partial charge in [-0.3, -0.25) is 4.79 Å². The van der Waals surface area contributed by atoms with E-state index in [2.05, 4.69) is 31.3 Å². The van der Waals surface area contributed by atoms with Crippen LogP contribution >= 0.6 is 0 Å². The van der Waals surface area contributed by atoms with Gasteiger partial charge in [-0.1, -0.05) is 289 Å². The number of aliphatic hydroxyl groups excluding tert-OH is 2. The maximum Gasteiger partial charge on any atom is 0.220 e. The van der Waals surface area contributed by atoms with Gasteiger partial charge in [-0.15, -0.1) is 0 Å². The Morgan fingerprint density at radius 2 is 0.623 bits per heavy atom. The van der Waals surface area contributed by atoms with Gasteiger partial charge in [-0.25, -0.2) is 0 Å². The Bertz CT molecular complexity index is 886. The Labute approximate surface area is 383 Å². The minimum absolute atomic E-state index is 0.0585. The van der Waals surface area contributed by atoms with E-state index in [9.17, 15) is 15.0 Å². The molecule has 0 aromatic heterocycles. The molecule has 0 fully saturated rings. The number of nitrogens with one attached hydrogen (secondary N) is 1. The highest BCUT2D eigenvalue weighted by atomic mass is 16.3. The molecule has 2 unspecified atom stereocenters. The number of rotatable bonds is 52. The summed E-state index contributed by atoms with van der Waals surface area (Å²) >= 11 is 0. The standard InChI is InChI=1S/C57H111NO3/c1-3-5-7-9-11-13-15-17-19-21-23-24-25-26-27-28-29-30-31-32-33-34-35-37-39-41-43-45-47-49-51-53-57(61)58-55(54-59)56(60)52-50-48-46-44-42-40-38-36-22-20-18-16-14-12-10-8-6-4-2/h26-27,50,52,55-56,59-60H,3-25,28-49,51,53-54H2,1-2H3,(H,58,61)/b27-26-,52-50+. The van der Waals surface area contributed by atoms with E-state index >= 15 is 0 Å². The molecule has 2 atom stereocenters. The Balaban J connectivity index is 3.44. The summed E-state index contributed by atoms with van der Waals surface area (Å²) in [6, 6.07) is -0.620. The molecular weight excluding hydrogens is 747 g/mol. The van der Waals surface area contributed by atoms with Crippen molar-refractivity contribution in [3.63, 3.8) is 0 Å². The minimum Gasteiger partial charge on any atom is -0.394 e. The summed E-state index contributed by atoms with van der Waals surface area (Å²) in [4.78, 5) is 12.5. The lowest BCUT2D eigenvalue weighted by Gasteiger charge is -2.20. The van der Waals surface area contributed by atoms with E-state index in [1.54, 1.807) is 6.08 Å². The van der Waals surface area contributed by atoms with Crippen molar-refractivity contribution in [1.29, 1.82) is 0 Å². The van der Waals surface area contributed by atoms with Gasteiger partial charge in [-0.05, 0) is 44.9 Å². The molecule has 0 rings (SSSR count). The highest BCUT2D eigenvalue weighted by molar-refractivity contribution is 5.76. The third-order valence-corrected chi connectivity index (χ3v) is 13.2. The molecule has 0 heterocycles. The number of allylic oxidation sites excluding steroid dienone is 3. The van der Waals surface area contributed by atoms with E-state index in [0.29, 0.717) is 6.42 Å². The normalized spacial score (nSPS) is 12.9. The molecule has 61 heavy (non-hydrogen) atoms. The molecule has 0 aliphatic heterocycles. The second-order valence-electron chi connectivity index (χ2n) is 19.4. The summed E-state index contributed by atoms with van der Waals surface area (Å²) in [5.74, 6) is -0.0585. The highest BCUT2D eigenvalue weighted by Gasteiger charge is 2.18. The SMILES string of the molecule is CCCCCCCCCCCCCC/C=C\CCCCCCCCCCCCCCCCCC(=O)NC(CO)C(O)/C=C/CCCCCCCCCCCCCCCCCC. The van der Waals surface area contributed by atoms with Crippen molar-refractivity contribution in [3.8, 4) is 0 Å². The van der Waals surface area contributed by atoms with E-state index in [1.807, 2.05) is 6.08 Å². The van der Waals surface area contributed by atoms with E-state index in [1.165, 1.54) is 270 Å². The van der Waals surface area contributed by atoms with E-state index in [4.69, 9.17) is 0 Å². The van der Waals surface area contributed by atoms with Gasteiger partial charge in [0.25, 0.3) is 0 Å². The van der Waals surface area contributed by atoms with Gasteiger partial charge in [0.05, 0.1) is 18.8 Å². The van der Waals surface area contributed by atoms with Crippen molar-refractivity contribution in [3.05, 3.63) is 24.3 Å². The number of unbranched alkanes of at least 4 members (excludes halogenated alkanes) is 43. The second-order valence-corrected chi connectivity index (χ2v) is 19.4. The first-order valence-electron chi connectivity index (χ1n) is 28.1. The molecule has 0 spiro atoms. The number of aliphatic hydroxyl groups is 2.